The third kappa shape index (κ3) is 24.5. The quantitative estimate of drug-likeness (QED) is 0.0720. The number of hydrogen-bond acceptors (Lipinski definition) is 5. The Morgan fingerprint density at radius 2 is 1.19 bits per heavy atom. The van der Waals surface area contributed by atoms with Gasteiger partial charge in [0, 0.05) is 13.0 Å². The lowest BCUT2D eigenvalue weighted by Crippen LogP contribution is -2.28. The van der Waals surface area contributed by atoms with E-state index in [1.54, 1.807) is 0 Å². The van der Waals surface area contributed by atoms with E-state index in [1.807, 2.05) is 30.3 Å². The normalized spacial score (nSPS) is 11.1. The molecule has 0 aliphatic carbocycles. The van der Waals surface area contributed by atoms with Gasteiger partial charge in [0.05, 0.1) is 0 Å². The van der Waals surface area contributed by atoms with Crippen LogP contribution in [0.25, 0.3) is 0 Å². The van der Waals surface area contributed by atoms with Crippen molar-refractivity contribution in [3.05, 3.63) is 35.9 Å². The summed E-state index contributed by atoms with van der Waals surface area (Å²) in [5, 5.41) is 6.24. The Kier molecular flexibility index (Phi) is 26.2. The molecule has 1 amide bonds. The fourth-order valence-corrected chi connectivity index (χ4v) is 5.16. The molecule has 0 aliphatic heterocycles. The summed E-state index contributed by atoms with van der Waals surface area (Å²) in [5.74, 6) is 0.0104. The summed E-state index contributed by atoms with van der Waals surface area (Å²) < 4.78 is 11.2. The number of benzene rings is 1. The van der Waals surface area contributed by atoms with E-state index in [9.17, 15) is 9.59 Å². The molecule has 42 heavy (non-hydrogen) atoms. The van der Waals surface area contributed by atoms with Crippen LogP contribution < -0.4 is 10.6 Å². The van der Waals surface area contributed by atoms with Crippen molar-refractivity contribution in [2.45, 2.75) is 161 Å². The molecule has 1 aromatic rings. The van der Waals surface area contributed by atoms with E-state index in [1.165, 1.54) is 83.5 Å². The Balaban J connectivity index is 2.01. The molecule has 6 heteroatoms. The van der Waals surface area contributed by atoms with Crippen LogP contribution in [0.1, 0.15) is 154 Å². The van der Waals surface area contributed by atoms with Crippen LogP contribution in [0.4, 0.5) is 4.79 Å². The number of hydrogen-bond donors (Lipinski definition) is 2. The highest BCUT2D eigenvalue weighted by Crippen LogP contribution is 2.18. The highest BCUT2D eigenvalue weighted by Gasteiger charge is 2.14. The van der Waals surface area contributed by atoms with E-state index in [4.69, 9.17) is 9.47 Å². The first-order chi connectivity index (χ1) is 20.7. The van der Waals surface area contributed by atoms with Gasteiger partial charge < -0.3 is 20.1 Å². The van der Waals surface area contributed by atoms with Gasteiger partial charge in [0.2, 0.25) is 0 Å². The average Bonchev–Trinajstić information content (AvgIpc) is 3.00. The fraction of sp³-hybridized carbons (Fsp3) is 0.778. The molecule has 6 nitrogen and oxygen atoms in total. The van der Waals surface area contributed by atoms with Gasteiger partial charge in [-0.05, 0) is 63.6 Å². The molecule has 0 aliphatic rings. The summed E-state index contributed by atoms with van der Waals surface area (Å²) in [4.78, 5) is 24.3. The van der Waals surface area contributed by atoms with Crippen molar-refractivity contribution in [3.8, 4) is 0 Å². The van der Waals surface area contributed by atoms with E-state index >= 15 is 0 Å². The van der Waals surface area contributed by atoms with Gasteiger partial charge in [-0.2, -0.15) is 0 Å². The minimum Gasteiger partial charge on any atom is -0.462 e. The van der Waals surface area contributed by atoms with Gasteiger partial charge in [-0.25, -0.2) is 4.79 Å². The predicted molar refractivity (Wildman–Crippen MR) is 176 cm³/mol. The number of rotatable bonds is 29. The first kappa shape index (κ1) is 37.9. The van der Waals surface area contributed by atoms with Gasteiger partial charge in [0.1, 0.15) is 12.7 Å². The number of carbonyl (C=O) groups is 2. The Morgan fingerprint density at radius 1 is 0.643 bits per heavy atom. The van der Waals surface area contributed by atoms with Crippen molar-refractivity contribution in [1.29, 1.82) is 0 Å². The number of nitrogens with one attached hydrogen (secondary N) is 2. The molecule has 2 N–H and O–H groups in total. The summed E-state index contributed by atoms with van der Waals surface area (Å²) >= 11 is 0. The van der Waals surface area contributed by atoms with Gasteiger partial charge in [-0.15, -0.1) is 0 Å². The number of esters is 1. The minimum atomic E-state index is -0.367. The Hall–Kier alpha value is -2.08. The molecular formula is C36H64N2O4. The maximum atomic E-state index is 12.5. The maximum absolute atomic E-state index is 12.5. The highest BCUT2D eigenvalue weighted by atomic mass is 16.5. The standard InChI is InChI=1S/C36H64N2O4/c1-3-5-7-9-12-19-26-34(27-20-13-10-8-6-4-2)42-35(39)28-21-14-11-15-22-29-37-30-23-31-38-36(40)41-32-33-24-17-16-18-25-33/h16-18,24-25,34,37H,3-15,19-23,26-32H2,1-2H3,(H,38,40). The molecule has 0 saturated heterocycles. The monoisotopic (exact) mass is 588 g/mol. The topological polar surface area (TPSA) is 76.7 Å². The summed E-state index contributed by atoms with van der Waals surface area (Å²) in [6.07, 6.45) is 24.2. The molecule has 0 bridgehead atoms. The number of alkyl carbamates (subject to hydrolysis) is 1. The maximum Gasteiger partial charge on any atom is 0.407 e. The lowest BCUT2D eigenvalue weighted by Gasteiger charge is -2.18. The molecule has 0 saturated carbocycles. The van der Waals surface area contributed by atoms with Crippen LogP contribution in [-0.2, 0) is 20.9 Å². The molecule has 1 aromatic carbocycles. The minimum absolute atomic E-state index is 0.0104. The Bertz CT molecular complexity index is 727. The van der Waals surface area contributed by atoms with Gasteiger partial charge in [0.15, 0.2) is 0 Å². The molecule has 242 valence electrons. The Labute approximate surface area is 258 Å². The van der Waals surface area contributed by atoms with Crippen molar-refractivity contribution >= 4 is 12.1 Å². The molecule has 1 rings (SSSR count). The zero-order chi connectivity index (χ0) is 30.4. The molecular weight excluding hydrogens is 524 g/mol. The van der Waals surface area contributed by atoms with E-state index < -0.39 is 0 Å². The smallest absolute Gasteiger partial charge is 0.407 e. The third-order valence-corrected chi connectivity index (χ3v) is 7.80. The van der Waals surface area contributed by atoms with Crippen LogP contribution in [0.2, 0.25) is 0 Å². The van der Waals surface area contributed by atoms with Crippen LogP contribution in [0.15, 0.2) is 30.3 Å². The first-order valence-corrected chi connectivity index (χ1v) is 17.5. The van der Waals surface area contributed by atoms with E-state index in [2.05, 4.69) is 24.5 Å². The van der Waals surface area contributed by atoms with Gasteiger partial charge >= 0.3 is 12.1 Å². The van der Waals surface area contributed by atoms with Crippen molar-refractivity contribution in [2.24, 2.45) is 0 Å². The third-order valence-electron chi connectivity index (χ3n) is 7.80. The van der Waals surface area contributed by atoms with Crippen LogP contribution in [0, 0.1) is 0 Å². The van der Waals surface area contributed by atoms with Crippen LogP contribution >= 0.6 is 0 Å². The van der Waals surface area contributed by atoms with E-state index in [0.717, 1.165) is 63.6 Å². The molecule has 0 heterocycles. The first-order valence-electron chi connectivity index (χ1n) is 17.5. The van der Waals surface area contributed by atoms with Gasteiger partial charge in [-0.1, -0.05) is 128 Å². The van der Waals surface area contributed by atoms with E-state index in [0.29, 0.717) is 19.6 Å². The molecule has 0 fully saturated rings. The van der Waals surface area contributed by atoms with Gasteiger partial charge in [0.25, 0.3) is 0 Å². The highest BCUT2D eigenvalue weighted by molar-refractivity contribution is 5.69. The average molecular weight is 589 g/mol. The zero-order valence-electron chi connectivity index (χ0n) is 27.3. The van der Waals surface area contributed by atoms with Crippen LogP contribution in [-0.4, -0.2) is 37.8 Å². The van der Waals surface area contributed by atoms with Crippen LogP contribution in [0.3, 0.4) is 0 Å². The molecule has 0 atom stereocenters. The second-order valence-corrected chi connectivity index (χ2v) is 11.8. The van der Waals surface area contributed by atoms with Crippen LogP contribution in [0.5, 0.6) is 0 Å². The zero-order valence-corrected chi connectivity index (χ0v) is 27.3. The SMILES string of the molecule is CCCCCCCCC(CCCCCCCC)OC(=O)CCCCCCCNCCCNC(=O)OCc1ccccc1. The molecule has 0 spiro atoms. The van der Waals surface area contributed by atoms with Crippen molar-refractivity contribution < 1.29 is 19.1 Å². The summed E-state index contributed by atoms with van der Waals surface area (Å²) in [6.45, 7) is 7.28. The lowest BCUT2D eigenvalue weighted by molar-refractivity contribution is -0.150. The van der Waals surface area contributed by atoms with Crippen molar-refractivity contribution in [3.63, 3.8) is 0 Å². The summed E-state index contributed by atoms with van der Waals surface area (Å²) in [5.41, 5.74) is 0.987. The molecule has 0 aromatic heterocycles. The number of ether oxygens (including phenoxy) is 2. The molecule has 0 radical (unpaired) electrons. The summed E-state index contributed by atoms with van der Waals surface area (Å²) in [6, 6.07) is 9.69. The second kappa shape index (κ2) is 29.0. The largest absolute Gasteiger partial charge is 0.462 e. The predicted octanol–water partition coefficient (Wildman–Crippen LogP) is 9.65. The summed E-state index contributed by atoms with van der Waals surface area (Å²) in [7, 11) is 0. The van der Waals surface area contributed by atoms with E-state index in [-0.39, 0.29) is 18.2 Å². The fourth-order valence-electron chi connectivity index (χ4n) is 5.16. The van der Waals surface area contributed by atoms with Crippen molar-refractivity contribution in [2.75, 3.05) is 19.6 Å². The number of carbonyl (C=O) groups excluding carboxylic acids is 2. The van der Waals surface area contributed by atoms with Crippen molar-refractivity contribution in [1.82, 2.24) is 10.6 Å². The second-order valence-electron chi connectivity index (χ2n) is 11.8. The number of unbranched alkanes of at least 4 members (excludes halogenated alkanes) is 14. The number of amides is 1. The molecule has 0 unspecified atom stereocenters. The lowest BCUT2D eigenvalue weighted by atomic mass is 10.0. The van der Waals surface area contributed by atoms with Gasteiger partial charge in [-0.3, -0.25) is 4.79 Å². The Morgan fingerprint density at radius 3 is 1.83 bits per heavy atom.